The summed E-state index contributed by atoms with van der Waals surface area (Å²) in [4.78, 5) is 35.8. The number of carboxylic acid groups (broad SMARTS) is 1. The molecule has 2 aliphatic rings. The predicted octanol–water partition coefficient (Wildman–Crippen LogP) is 0.561. The highest BCUT2D eigenvalue weighted by molar-refractivity contribution is 5.86. The summed E-state index contributed by atoms with van der Waals surface area (Å²) in [7, 11) is 4.91. The maximum atomic E-state index is 13.1. The molecule has 2 heterocycles. The molecule has 0 spiro atoms. The van der Waals surface area contributed by atoms with Crippen molar-refractivity contribution in [3.63, 3.8) is 0 Å². The maximum Gasteiger partial charge on any atom is 0.300 e. The Morgan fingerprint density at radius 1 is 1.16 bits per heavy atom. The van der Waals surface area contributed by atoms with Crippen molar-refractivity contribution in [1.29, 1.82) is 0 Å². The molecule has 1 aromatic rings. The standard InChI is InChI=1S/C19H27N3O5.C2H4O2/c1-22(13-6-8-20-9-7-13)19(24)18-17(21-16(23)11-27-18)12-4-5-14(25-2)15(10-12)26-3;1-2(3)4/h4-5,10,13,17-18,20H,6-9,11H2,1-3H3,(H,21,23);1H3,(H,3,4)/t17-,18+;/m1./s1. The van der Waals surface area contributed by atoms with Crippen LogP contribution in [0.15, 0.2) is 18.2 Å². The van der Waals surface area contributed by atoms with E-state index in [0.717, 1.165) is 38.4 Å². The van der Waals surface area contributed by atoms with Crippen LogP contribution in [0.3, 0.4) is 0 Å². The van der Waals surface area contributed by atoms with Gasteiger partial charge in [0.25, 0.3) is 11.9 Å². The minimum atomic E-state index is -0.833. The Kier molecular flexibility index (Phi) is 9.07. The summed E-state index contributed by atoms with van der Waals surface area (Å²) in [5.74, 6) is -0.0863. The number of hydrogen-bond donors (Lipinski definition) is 3. The number of nitrogens with zero attached hydrogens (tertiary/aromatic N) is 1. The van der Waals surface area contributed by atoms with Crippen molar-refractivity contribution in [1.82, 2.24) is 15.5 Å². The van der Waals surface area contributed by atoms with E-state index in [1.807, 2.05) is 13.1 Å². The summed E-state index contributed by atoms with van der Waals surface area (Å²) in [6.07, 6.45) is 1.03. The van der Waals surface area contributed by atoms with E-state index in [1.54, 1.807) is 31.3 Å². The number of morpholine rings is 1. The first kappa shape index (κ1) is 24.4. The summed E-state index contributed by atoms with van der Waals surface area (Å²) >= 11 is 0. The van der Waals surface area contributed by atoms with Crippen LogP contribution < -0.4 is 20.1 Å². The molecule has 0 aromatic heterocycles. The molecule has 2 fully saturated rings. The number of aliphatic carboxylic acids is 1. The van der Waals surface area contributed by atoms with E-state index in [4.69, 9.17) is 24.1 Å². The number of rotatable bonds is 5. The molecule has 10 heteroatoms. The van der Waals surface area contributed by atoms with Gasteiger partial charge in [-0.1, -0.05) is 6.07 Å². The second-order valence-corrected chi connectivity index (χ2v) is 7.34. The van der Waals surface area contributed by atoms with E-state index >= 15 is 0 Å². The fraction of sp³-hybridized carbons (Fsp3) is 0.571. The Bertz CT molecular complexity index is 776. The van der Waals surface area contributed by atoms with Crippen molar-refractivity contribution in [2.75, 3.05) is 41.0 Å². The number of piperidine rings is 1. The molecule has 3 N–H and O–H groups in total. The van der Waals surface area contributed by atoms with Crippen LogP contribution in [0.25, 0.3) is 0 Å². The third-order valence-corrected chi connectivity index (χ3v) is 5.23. The van der Waals surface area contributed by atoms with Crippen LogP contribution >= 0.6 is 0 Å². The highest BCUT2D eigenvalue weighted by atomic mass is 16.5. The average molecular weight is 437 g/mol. The molecular weight excluding hydrogens is 406 g/mol. The number of nitrogens with one attached hydrogen (secondary N) is 2. The molecule has 3 rings (SSSR count). The fourth-order valence-corrected chi connectivity index (χ4v) is 3.65. The van der Waals surface area contributed by atoms with Gasteiger partial charge in [-0.05, 0) is 43.6 Å². The SMILES string of the molecule is CC(=O)O.COc1ccc([C@H]2NC(=O)CO[C@@H]2C(=O)N(C)C2CCNCC2)cc1OC. The van der Waals surface area contributed by atoms with Gasteiger partial charge in [0.05, 0.1) is 20.3 Å². The van der Waals surface area contributed by atoms with Gasteiger partial charge < -0.3 is 34.9 Å². The van der Waals surface area contributed by atoms with Crippen LogP contribution in [0.1, 0.15) is 31.4 Å². The molecule has 1 aromatic carbocycles. The van der Waals surface area contributed by atoms with Crippen molar-refractivity contribution in [2.45, 2.75) is 38.0 Å². The number of carbonyl (C=O) groups is 3. The van der Waals surface area contributed by atoms with E-state index in [1.165, 1.54) is 0 Å². The van der Waals surface area contributed by atoms with Gasteiger partial charge in [0.2, 0.25) is 5.91 Å². The van der Waals surface area contributed by atoms with Crippen molar-refractivity contribution in [3.05, 3.63) is 23.8 Å². The van der Waals surface area contributed by atoms with Crippen LogP contribution in [0.5, 0.6) is 11.5 Å². The highest BCUT2D eigenvalue weighted by Gasteiger charge is 2.39. The Morgan fingerprint density at radius 2 is 1.77 bits per heavy atom. The van der Waals surface area contributed by atoms with E-state index in [0.29, 0.717) is 11.5 Å². The summed E-state index contributed by atoms with van der Waals surface area (Å²) in [6.45, 7) is 2.74. The largest absolute Gasteiger partial charge is 0.493 e. The summed E-state index contributed by atoms with van der Waals surface area (Å²) in [5, 5.41) is 13.6. The lowest BCUT2D eigenvalue weighted by atomic mass is 9.97. The lowest BCUT2D eigenvalue weighted by Gasteiger charge is -2.38. The first-order valence-electron chi connectivity index (χ1n) is 10.1. The zero-order valence-corrected chi connectivity index (χ0v) is 18.3. The monoisotopic (exact) mass is 437 g/mol. The number of carbonyl (C=O) groups excluding carboxylic acids is 2. The van der Waals surface area contributed by atoms with Crippen LogP contribution in [0, 0.1) is 0 Å². The van der Waals surface area contributed by atoms with Crippen molar-refractivity contribution in [3.8, 4) is 11.5 Å². The Labute approximate surface area is 181 Å². The third-order valence-electron chi connectivity index (χ3n) is 5.23. The minimum absolute atomic E-state index is 0.123. The van der Waals surface area contributed by atoms with Gasteiger partial charge in [0.15, 0.2) is 17.6 Å². The van der Waals surface area contributed by atoms with Crippen molar-refractivity contribution >= 4 is 17.8 Å². The van der Waals surface area contributed by atoms with Gasteiger partial charge >= 0.3 is 0 Å². The molecule has 2 saturated heterocycles. The highest BCUT2D eigenvalue weighted by Crippen LogP contribution is 2.33. The van der Waals surface area contributed by atoms with Gasteiger partial charge in [0.1, 0.15) is 6.61 Å². The number of hydrogen-bond acceptors (Lipinski definition) is 7. The number of benzene rings is 1. The molecule has 172 valence electrons. The molecule has 10 nitrogen and oxygen atoms in total. The lowest BCUT2D eigenvalue weighted by molar-refractivity contribution is -0.156. The number of methoxy groups -OCH3 is 2. The second kappa shape index (κ2) is 11.5. The number of likely N-dealkylation sites (N-methyl/N-ethyl adjacent to an activating group) is 1. The van der Waals surface area contributed by atoms with Crippen LogP contribution in [-0.4, -0.2) is 80.9 Å². The van der Waals surface area contributed by atoms with E-state index in [2.05, 4.69) is 10.6 Å². The number of ether oxygens (including phenoxy) is 3. The first-order valence-corrected chi connectivity index (χ1v) is 10.1. The quantitative estimate of drug-likeness (QED) is 0.610. The predicted molar refractivity (Wildman–Crippen MR) is 112 cm³/mol. The second-order valence-electron chi connectivity index (χ2n) is 7.34. The first-order chi connectivity index (χ1) is 14.8. The summed E-state index contributed by atoms with van der Waals surface area (Å²) < 4.78 is 16.3. The Morgan fingerprint density at radius 3 is 2.35 bits per heavy atom. The molecule has 0 radical (unpaired) electrons. The molecule has 0 saturated carbocycles. The van der Waals surface area contributed by atoms with Crippen LogP contribution in [0.4, 0.5) is 0 Å². The normalized spacial score (nSPS) is 21.2. The summed E-state index contributed by atoms with van der Waals surface area (Å²) in [5.41, 5.74) is 0.734. The van der Waals surface area contributed by atoms with Crippen molar-refractivity contribution in [2.24, 2.45) is 0 Å². The Balaban J connectivity index is 0.000000785. The molecular formula is C21H31N3O7. The van der Waals surface area contributed by atoms with Gasteiger partial charge in [-0.2, -0.15) is 0 Å². The van der Waals surface area contributed by atoms with Crippen LogP contribution in [-0.2, 0) is 19.1 Å². The summed E-state index contributed by atoms with van der Waals surface area (Å²) in [6, 6.07) is 4.93. The molecule has 0 bridgehead atoms. The molecule has 0 unspecified atom stereocenters. The maximum absolute atomic E-state index is 13.1. The third kappa shape index (κ3) is 6.56. The van der Waals surface area contributed by atoms with Gasteiger partial charge in [-0.25, -0.2) is 0 Å². The minimum Gasteiger partial charge on any atom is -0.493 e. The number of amides is 2. The lowest BCUT2D eigenvalue weighted by Crippen LogP contribution is -2.55. The topological polar surface area (TPSA) is 126 Å². The van der Waals surface area contributed by atoms with E-state index in [9.17, 15) is 9.59 Å². The molecule has 2 aliphatic heterocycles. The Hall–Kier alpha value is -2.85. The zero-order chi connectivity index (χ0) is 23.0. The molecule has 31 heavy (non-hydrogen) atoms. The van der Waals surface area contributed by atoms with Gasteiger partial charge in [-0.15, -0.1) is 0 Å². The molecule has 0 aliphatic carbocycles. The zero-order valence-electron chi connectivity index (χ0n) is 18.3. The van der Waals surface area contributed by atoms with Gasteiger partial charge in [0, 0.05) is 20.0 Å². The van der Waals surface area contributed by atoms with E-state index in [-0.39, 0.29) is 24.5 Å². The smallest absolute Gasteiger partial charge is 0.300 e. The van der Waals surface area contributed by atoms with Gasteiger partial charge in [-0.3, -0.25) is 14.4 Å². The molecule has 2 atom stereocenters. The average Bonchev–Trinajstić information content (AvgIpc) is 2.77. The number of carboxylic acids is 1. The van der Waals surface area contributed by atoms with E-state index < -0.39 is 18.1 Å². The van der Waals surface area contributed by atoms with Crippen LogP contribution in [0.2, 0.25) is 0 Å². The van der Waals surface area contributed by atoms with Crippen molar-refractivity contribution < 1.29 is 33.7 Å². The molecule has 2 amide bonds. The fourth-order valence-electron chi connectivity index (χ4n) is 3.65.